The van der Waals surface area contributed by atoms with Crippen LogP contribution in [0.1, 0.15) is 19.3 Å². The number of hydrogen-bond acceptors (Lipinski definition) is 4. The van der Waals surface area contributed by atoms with Crippen molar-refractivity contribution >= 4 is 11.3 Å². The summed E-state index contributed by atoms with van der Waals surface area (Å²) in [5.74, 6) is 0.707. The van der Waals surface area contributed by atoms with E-state index in [1.165, 1.54) is 31.5 Å². The summed E-state index contributed by atoms with van der Waals surface area (Å²) >= 11 is 0. The van der Waals surface area contributed by atoms with E-state index >= 15 is 0 Å². The number of benzene rings is 1. The minimum absolute atomic E-state index is 0.253. The molecule has 1 unspecified atom stereocenters. The van der Waals surface area contributed by atoms with Gasteiger partial charge in [-0.3, -0.25) is 4.98 Å². The first-order valence-corrected chi connectivity index (χ1v) is 10.8. The summed E-state index contributed by atoms with van der Waals surface area (Å²) in [6.45, 7) is 2.08. The summed E-state index contributed by atoms with van der Waals surface area (Å²) in [4.78, 5) is 6.61. The van der Waals surface area contributed by atoms with Crippen molar-refractivity contribution in [3.05, 3.63) is 72.8 Å². The van der Waals surface area contributed by atoms with Crippen LogP contribution in [0.5, 0.6) is 0 Å². The van der Waals surface area contributed by atoms with Crippen LogP contribution in [0.4, 0.5) is 10.2 Å². The summed E-state index contributed by atoms with van der Waals surface area (Å²) in [5, 5.41) is 8.54. The molecule has 1 atom stereocenters. The molecule has 0 spiro atoms. The highest BCUT2D eigenvalue weighted by molar-refractivity contribution is 5.92. The predicted molar refractivity (Wildman–Crippen MR) is 123 cm³/mol. The summed E-state index contributed by atoms with van der Waals surface area (Å²) in [5.41, 5.74) is 4.78. The first-order valence-electron chi connectivity index (χ1n) is 10.8. The molecule has 0 amide bonds. The van der Waals surface area contributed by atoms with Gasteiger partial charge >= 0.3 is 0 Å². The molecule has 5 nitrogen and oxygen atoms in total. The van der Waals surface area contributed by atoms with Gasteiger partial charge in [-0.25, -0.2) is 8.91 Å². The number of pyridine rings is 2. The second-order valence-corrected chi connectivity index (χ2v) is 8.17. The van der Waals surface area contributed by atoms with Gasteiger partial charge in [-0.15, -0.1) is 0 Å². The molecule has 1 fully saturated rings. The lowest BCUT2D eigenvalue weighted by Gasteiger charge is -2.19. The minimum Gasteiger partial charge on any atom is -0.370 e. The molecule has 1 N–H and O–H groups in total. The Morgan fingerprint density at radius 3 is 2.58 bits per heavy atom. The minimum atomic E-state index is -0.253. The number of nitrogens with one attached hydrogen (secondary N) is 1. The second kappa shape index (κ2) is 8.47. The maximum atomic E-state index is 13.5. The lowest BCUT2D eigenvalue weighted by Crippen LogP contribution is -2.27. The van der Waals surface area contributed by atoms with Crippen LogP contribution in [-0.2, 0) is 0 Å². The highest BCUT2D eigenvalue weighted by Crippen LogP contribution is 2.36. The smallest absolute Gasteiger partial charge is 0.128 e. The molecule has 0 radical (unpaired) electrons. The first kappa shape index (κ1) is 19.7. The normalized spacial score (nSPS) is 16.8. The van der Waals surface area contributed by atoms with E-state index in [0.29, 0.717) is 6.04 Å². The molecule has 4 heterocycles. The van der Waals surface area contributed by atoms with E-state index in [9.17, 15) is 4.39 Å². The Bertz CT molecular complexity index is 1170. The van der Waals surface area contributed by atoms with Crippen molar-refractivity contribution in [3.8, 4) is 22.4 Å². The van der Waals surface area contributed by atoms with Crippen LogP contribution in [0.2, 0.25) is 0 Å². The Morgan fingerprint density at radius 1 is 1.03 bits per heavy atom. The van der Waals surface area contributed by atoms with Gasteiger partial charge in [0.25, 0.3) is 0 Å². The Balaban J connectivity index is 1.54. The maximum Gasteiger partial charge on any atom is 0.128 e. The topological polar surface area (TPSA) is 45.5 Å². The van der Waals surface area contributed by atoms with Crippen LogP contribution in [-0.4, -0.2) is 45.7 Å². The fraction of sp³-hybridized carbons (Fsp3) is 0.280. The number of rotatable bonds is 6. The van der Waals surface area contributed by atoms with Crippen molar-refractivity contribution in [2.24, 2.45) is 0 Å². The Morgan fingerprint density at radius 2 is 1.84 bits per heavy atom. The van der Waals surface area contributed by atoms with Crippen LogP contribution in [0.25, 0.3) is 27.9 Å². The largest absolute Gasteiger partial charge is 0.370 e. The Kier molecular flexibility index (Phi) is 5.38. The molecule has 1 aliphatic rings. The monoisotopic (exact) mass is 415 g/mol. The van der Waals surface area contributed by atoms with E-state index in [-0.39, 0.29) is 5.82 Å². The fourth-order valence-electron chi connectivity index (χ4n) is 4.53. The third-order valence-electron chi connectivity index (χ3n) is 6.20. The van der Waals surface area contributed by atoms with E-state index in [4.69, 9.17) is 5.10 Å². The van der Waals surface area contributed by atoms with E-state index in [1.54, 1.807) is 24.5 Å². The predicted octanol–water partition coefficient (Wildman–Crippen LogP) is 5.10. The summed E-state index contributed by atoms with van der Waals surface area (Å²) < 4.78 is 15.5. The number of nitrogens with zero attached hydrogens (tertiary/aromatic N) is 4. The molecule has 5 rings (SSSR count). The summed E-state index contributed by atoms with van der Waals surface area (Å²) in [6.07, 6.45) is 7.23. The molecule has 6 heteroatoms. The first-order chi connectivity index (χ1) is 15.2. The van der Waals surface area contributed by atoms with Crippen molar-refractivity contribution in [2.75, 3.05) is 25.5 Å². The molecule has 0 bridgehead atoms. The third-order valence-corrected chi connectivity index (χ3v) is 6.20. The quantitative estimate of drug-likeness (QED) is 0.476. The highest BCUT2D eigenvalue weighted by atomic mass is 19.1. The van der Waals surface area contributed by atoms with E-state index < -0.39 is 0 Å². The van der Waals surface area contributed by atoms with E-state index in [2.05, 4.69) is 40.4 Å². The number of fused-ring (bicyclic) bond motifs is 1. The molecule has 1 aromatic carbocycles. The molecular weight excluding hydrogens is 389 g/mol. The van der Waals surface area contributed by atoms with Crippen molar-refractivity contribution in [1.29, 1.82) is 0 Å². The average molecular weight is 416 g/mol. The van der Waals surface area contributed by atoms with Gasteiger partial charge in [0.2, 0.25) is 0 Å². The average Bonchev–Trinajstić information content (AvgIpc) is 3.39. The summed E-state index contributed by atoms with van der Waals surface area (Å²) in [6, 6.07) is 17.3. The van der Waals surface area contributed by atoms with Gasteiger partial charge in [-0.2, -0.15) is 5.10 Å². The molecule has 4 aromatic rings. The number of likely N-dealkylation sites (tertiary alicyclic amines) is 1. The van der Waals surface area contributed by atoms with Gasteiger partial charge in [0, 0.05) is 36.1 Å². The highest BCUT2D eigenvalue weighted by Gasteiger charge is 2.21. The lowest BCUT2D eigenvalue weighted by molar-refractivity contribution is 0.301. The molecule has 0 aliphatic carbocycles. The van der Waals surface area contributed by atoms with Crippen molar-refractivity contribution < 1.29 is 4.39 Å². The number of aromatic nitrogens is 3. The zero-order valence-electron chi connectivity index (χ0n) is 17.6. The van der Waals surface area contributed by atoms with E-state index in [0.717, 1.165) is 46.7 Å². The number of anilines is 1. The van der Waals surface area contributed by atoms with Gasteiger partial charge in [0.1, 0.15) is 17.3 Å². The molecule has 1 saturated heterocycles. The third kappa shape index (κ3) is 3.91. The van der Waals surface area contributed by atoms with Crippen molar-refractivity contribution in [2.45, 2.75) is 25.3 Å². The number of halogens is 1. The van der Waals surface area contributed by atoms with Gasteiger partial charge in [0.15, 0.2) is 0 Å². The lowest BCUT2D eigenvalue weighted by atomic mass is 10.0. The Hall–Kier alpha value is -3.25. The van der Waals surface area contributed by atoms with Crippen molar-refractivity contribution in [3.63, 3.8) is 0 Å². The van der Waals surface area contributed by atoms with Crippen LogP contribution in [0.15, 0.2) is 67.0 Å². The number of hydrogen-bond donors (Lipinski definition) is 1. The van der Waals surface area contributed by atoms with Gasteiger partial charge < -0.3 is 10.2 Å². The zero-order chi connectivity index (χ0) is 21.2. The van der Waals surface area contributed by atoms with Gasteiger partial charge in [-0.1, -0.05) is 6.07 Å². The maximum absolute atomic E-state index is 13.5. The van der Waals surface area contributed by atoms with Crippen LogP contribution in [0, 0.1) is 5.82 Å². The summed E-state index contributed by atoms with van der Waals surface area (Å²) in [7, 11) is 2.21. The van der Waals surface area contributed by atoms with E-state index in [1.807, 2.05) is 16.6 Å². The standard InChI is InChI=1S/C25H26FN5/c1-30-17-3-4-21(30)13-16-28-23-6-2-5-22-24(18-11-14-27-15-12-18)25(29-31(22)23)19-7-9-20(26)10-8-19/h2,5-12,14-15,21,28H,3-4,13,16-17H2,1H3. The van der Waals surface area contributed by atoms with Crippen LogP contribution in [0.3, 0.4) is 0 Å². The molecule has 31 heavy (non-hydrogen) atoms. The van der Waals surface area contributed by atoms with Crippen LogP contribution >= 0.6 is 0 Å². The Labute approximate surface area is 181 Å². The van der Waals surface area contributed by atoms with Crippen LogP contribution < -0.4 is 5.32 Å². The fourth-order valence-corrected chi connectivity index (χ4v) is 4.53. The molecule has 158 valence electrons. The van der Waals surface area contributed by atoms with Gasteiger partial charge in [-0.05, 0) is 86.9 Å². The SMILES string of the molecule is CN1CCCC1CCNc1cccc2c(-c3ccncc3)c(-c3ccc(F)cc3)nn12. The molecule has 1 aliphatic heterocycles. The molecular formula is C25H26FN5. The van der Waals surface area contributed by atoms with Crippen molar-refractivity contribution in [1.82, 2.24) is 19.5 Å². The molecule has 0 saturated carbocycles. The zero-order valence-corrected chi connectivity index (χ0v) is 17.6. The second-order valence-electron chi connectivity index (χ2n) is 8.17. The molecule has 3 aromatic heterocycles. The van der Waals surface area contributed by atoms with Gasteiger partial charge in [0.05, 0.1) is 5.52 Å².